The van der Waals surface area contributed by atoms with Gasteiger partial charge in [0, 0.05) is 25.3 Å². The van der Waals surface area contributed by atoms with Crippen LogP contribution in [0.4, 0.5) is 0 Å². The van der Waals surface area contributed by atoms with Crippen molar-refractivity contribution in [1.82, 2.24) is 25.7 Å². The Morgan fingerprint density at radius 2 is 2.05 bits per heavy atom. The number of halogens is 1. The predicted octanol–water partition coefficient (Wildman–Crippen LogP) is 0.889. The molecule has 7 nitrogen and oxygen atoms in total. The van der Waals surface area contributed by atoms with Gasteiger partial charge in [0.15, 0.2) is 5.96 Å². The average molecular weight is 422 g/mol. The Morgan fingerprint density at radius 1 is 1.36 bits per heavy atom. The van der Waals surface area contributed by atoms with Gasteiger partial charge in [-0.3, -0.25) is 14.5 Å². The number of hydrogen-bond acceptors (Lipinski definition) is 3. The van der Waals surface area contributed by atoms with Gasteiger partial charge in [0.25, 0.3) is 0 Å². The Morgan fingerprint density at radius 3 is 2.55 bits per heavy atom. The van der Waals surface area contributed by atoms with Crippen LogP contribution in [0.15, 0.2) is 17.4 Å². The minimum Gasteiger partial charge on any atom is -0.355 e. The third-order valence-electron chi connectivity index (χ3n) is 2.55. The fourth-order valence-electron chi connectivity index (χ4n) is 1.73. The summed E-state index contributed by atoms with van der Waals surface area (Å²) in [6.07, 6.45) is 3.80. The molecule has 1 aromatic rings. The predicted molar refractivity (Wildman–Crippen MR) is 99.6 cm³/mol. The topological polar surface area (TPSA) is 83.3 Å². The van der Waals surface area contributed by atoms with Crippen LogP contribution in [0, 0.1) is 6.92 Å². The second-order valence-corrected chi connectivity index (χ2v) is 5.93. The number of guanidine groups is 1. The summed E-state index contributed by atoms with van der Waals surface area (Å²) in [4.78, 5) is 15.8. The number of aliphatic imine (C=N–C) groups is 1. The van der Waals surface area contributed by atoms with Crippen molar-refractivity contribution in [3.8, 4) is 0 Å². The van der Waals surface area contributed by atoms with E-state index in [1.807, 2.05) is 44.8 Å². The molecular formula is C14H27IN6O. The smallest absolute Gasteiger partial charge is 0.239 e. The molecule has 3 N–H and O–H groups in total. The molecule has 0 fully saturated rings. The fraction of sp³-hybridized carbons (Fsp3) is 0.643. The van der Waals surface area contributed by atoms with Crippen molar-refractivity contribution in [2.45, 2.75) is 39.8 Å². The Kier molecular flexibility index (Phi) is 9.07. The lowest BCUT2D eigenvalue weighted by atomic mass is 10.1. The van der Waals surface area contributed by atoms with Gasteiger partial charge in [0.2, 0.25) is 5.91 Å². The number of carbonyl (C=O) groups is 1. The Balaban J connectivity index is 0.00000441. The van der Waals surface area contributed by atoms with Gasteiger partial charge in [0.1, 0.15) is 0 Å². The largest absolute Gasteiger partial charge is 0.355 e. The van der Waals surface area contributed by atoms with Crippen molar-refractivity contribution in [3.63, 3.8) is 0 Å². The zero-order valence-corrected chi connectivity index (χ0v) is 16.3. The van der Waals surface area contributed by atoms with Crippen LogP contribution in [0.1, 0.15) is 26.3 Å². The molecule has 0 aliphatic heterocycles. The van der Waals surface area contributed by atoms with E-state index in [1.54, 1.807) is 7.05 Å². The maximum absolute atomic E-state index is 11.7. The maximum atomic E-state index is 11.7. The molecule has 0 spiro atoms. The van der Waals surface area contributed by atoms with Crippen LogP contribution in [-0.2, 0) is 11.3 Å². The second kappa shape index (κ2) is 9.65. The number of carbonyl (C=O) groups excluding carboxylic acids is 1. The molecular weight excluding hydrogens is 395 g/mol. The van der Waals surface area contributed by atoms with Gasteiger partial charge in [-0.25, -0.2) is 0 Å². The molecule has 0 unspecified atom stereocenters. The van der Waals surface area contributed by atoms with Crippen LogP contribution >= 0.6 is 24.0 Å². The van der Waals surface area contributed by atoms with E-state index in [9.17, 15) is 4.79 Å². The van der Waals surface area contributed by atoms with Crippen molar-refractivity contribution in [2.75, 3.05) is 20.1 Å². The van der Waals surface area contributed by atoms with Crippen LogP contribution < -0.4 is 16.0 Å². The number of amides is 1. The van der Waals surface area contributed by atoms with Crippen LogP contribution in [0.5, 0.6) is 0 Å². The monoisotopic (exact) mass is 422 g/mol. The molecule has 0 atom stereocenters. The molecule has 0 aliphatic carbocycles. The summed E-state index contributed by atoms with van der Waals surface area (Å²) >= 11 is 0. The summed E-state index contributed by atoms with van der Waals surface area (Å²) in [6.45, 7) is 9.46. The minimum absolute atomic E-state index is 0. The fourth-order valence-corrected chi connectivity index (χ4v) is 1.73. The average Bonchev–Trinajstić information content (AvgIpc) is 2.77. The van der Waals surface area contributed by atoms with Gasteiger partial charge in [-0.2, -0.15) is 5.10 Å². The summed E-state index contributed by atoms with van der Waals surface area (Å²) in [5, 5.41) is 13.2. The van der Waals surface area contributed by atoms with Crippen molar-refractivity contribution in [2.24, 2.45) is 4.99 Å². The molecule has 0 saturated heterocycles. The Bertz CT molecular complexity index is 492. The number of rotatable bonds is 5. The molecule has 1 amide bonds. The Hall–Kier alpha value is -1.32. The molecule has 0 radical (unpaired) electrons. The number of nitrogens with zero attached hydrogens (tertiary/aromatic N) is 3. The van der Waals surface area contributed by atoms with E-state index in [-0.39, 0.29) is 42.0 Å². The highest BCUT2D eigenvalue weighted by atomic mass is 127. The van der Waals surface area contributed by atoms with E-state index in [4.69, 9.17) is 0 Å². The normalized spacial score (nSPS) is 11.6. The minimum atomic E-state index is -0.229. The summed E-state index contributed by atoms with van der Waals surface area (Å²) in [5.41, 5.74) is 0.907. The van der Waals surface area contributed by atoms with Gasteiger partial charge < -0.3 is 16.0 Å². The highest BCUT2D eigenvalue weighted by Crippen LogP contribution is 1.97. The first-order valence-electron chi connectivity index (χ1n) is 7.05. The second-order valence-electron chi connectivity index (χ2n) is 5.93. The van der Waals surface area contributed by atoms with E-state index in [0.717, 1.165) is 12.1 Å². The zero-order valence-electron chi connectivity index (χ0n) is 13.9. The lowest BCUT2D eigenvalue weighted by Gasteiger charge is -2.21. The molecule has 1 heterocycles. The van der Waals surface area contributed by atoms with Gasteiger partial charge in [-0.15, -0.1) is 24.0 Å². The van der Waals surface area contributed by atoms with E-state index >= 15 is 0 Å². The van der Waals surface area contributed by atoms with Crippen molar-refractivity contribution < 1.29 is 4.79 Å². The van der Waals surface area contributed by atoms with E-state index in [1.165, 1.54) is 0 Å². The highest BCUT2D eigenvalue weighted by molar-refractivity contribution is 14.0. The molecule has 0 bridgehead atoms. The molecule has 0 aromatic carbocycles. The Labute approximate surface area is 149 Å². The van der Waals surface area contributed by atoms with Gasteiger partial charge in [-0.05, 0) is 33.3 Å². The summed E-state index contributed by atoms with van der Waals surface area (Å²) < 4.78 is 1.86. The standard InChI is InChI=1S/C14H26N6O.HI/c1-11-8-18-20(10-11)7-6-16-13(15-5)17-9-12(21)19-14(2,3)4;/h8,10H,6-7,9H2,1-5H3,(H,19,21)(H2,15,16,17);1H. The van der Waals surface area contributed by atoms with Crippen LogP contribution in [0.2, 0.25) is 0 Å². The first-order chi connectivity index (χ1) is 9.80. The van der Waals surface area contributed by atoms with Crippen molar-refractivity contribution >= 4 is 35.8 Å². The first-order valence-corrected chi connectivity index (χ1v) is 7.05. The molecule has 8 heteroatoms. The lowest BCUT2D eigenvalue weighted by molar-refractivity contribution is -0.121. The van der Waals surface area contributed by atoms with Gasteiger partial charge in [0.05, 0.1) is 19.3 Å². The third kappa shape index (κ3) is 8.85. The number of aryl methyl sites for hydroxylation is 1. The number of nitrogens with one attached hydrogen (secondary N) is 3. The molecule has 0 saturated carbocycles. The maximum Gasteiger partial charge on any atom is 0.239 e. The van der Waals surface area contributed by atoms with E-state index in [0.29, 0.717) is 12.5 Å². The summed E-state index contributed by atoms with van der Waals surface area (Å²) in [6, 6.07) is 0. The van der Waals surface area contributed by atoms with Crippen molar-refractivity contribution in [1.29, 1.82) is 0 Å². The molecule has 1 rings (SSSR count). The van der Waals surface area contributed by atoms with Crippen LogP contribution in [0.3, 0.4) is 0 Å². The zero-order chi connectivity index (χ0) is 15.9. The van der Waals surface area contributed by atoms with Gasteiger partial charge in [-0.1, -0.05) is 0 Å². The number of hydrogen-bond donors (Lipinski definition) is 3. The number of aromatic nitrogens is 2. The molecule has 1 aromatic heterocycles. The van der Waals surface area contributed by atoms with Gasteiger partial charge >= 0.3 is 0 Å². The SMILES string of the molecule is CN=C(NCCn1cc(C)cn1)NCC(=O)NC(C)(C)C.I. The van der Waals surface area contributed by atoms with E-state index < -0.39 is 0 Å². The van der Waals surface area contributed by atoms with Crippen molar-refractivity contribution in [3.05, 3.63) is 18.0 Å². The van der Waals surface area contributed by atoms with Crippen LogP contribution in [0.25, 0.3) is 0 Å². The summed E-state index contributed by atoms with van der Waals surface area (Å²) in [5.74, 6) is 0.538. The first kappa shape index (κ1) is 20.7. The molecule has 22 heavy (non-hydrogen) atoms. The highest BCUT2D eigenvalue weighted by Gasteiger charge is 2.13. The van der Waals surface area contributed by atoms with E-state index in [2.05, 4.69) is 26.0 Å². The quantitative estimate of drug-likeness (QED) is 0.374. The molecule has 126 valence electrons. The van der Waals surface area contributed by atoms with Crippen LogP contribution in [-0.4, -0.2) is 47.3 Å². The third-order valence-corrected chi connectivity index (χ3v) is 2.55. The lowest BCUT2D eigenvalue weighted by Crippen LogP contribution is -2.48. The summed E-state index contributed by atoms with van der Waals surface area (Å²) in [7, 11) is 1.68. The molecule has 0 aliphatic rings.